The summed E-state index contributed by atoms with van der Waals surface area (Å²) in [4.78, 5) is 24.9. The zero-order valence-electron chi connectivity index (χ0n) is 12.3. The molecule has 1 aliphatic rings. The standard InChI is InChI=1S/C13H25NO4S/c1-5-18-13(16)11-6-7-12(15)14(11)10-17-8-9-19(2,3)4/h11H,5-10H2,1-4H3. The van der Waals surface area contributed by atoms with Crippen LogP contribution in [0, 0.1) is 0 Å². The van der Waals surface area contributed by atoms with Gasteiger partial charge < -0.3 is 14.4 Å². The van der Waals surface area contributed by atoms with Crippen LogP contribution in [0.5, 0.6) is 0 Å². The molecule has 1 amide bonds. The normalized spacial score (nSPS) is 20.7. The Hall–Kier alpha value is -0.750. The Kier molecular flexibility index (Phi) is 6.13. The Balaban J connectivity index is 2.40. The van der Waals surface area contributed by atoms with Crippen LogP contribution in [0.2, 0.25) is 0 Å². The van der Waals surface area contributed by atoms with Crippen LogP contribution >= 0.6 is 10.0 Å². The predicted octanol–water partition coefficient (Wildman–Crippen LogP) is 1.21. The van der Waals surface area contributed by atoms with Crippen molar-refractivity contribution in [3.8, 4) is 0 Å². The molecule has 0 aromatic rings. The summed E-state index contributed by atoms with van der Waals surface area (Å²) in [7, 11) is -0.592. The van der Waals surface area contributed by atoms with Crippen molar-refractivity contribution in [2.24, 2.45) is 0 Å². The molecule has 0 N–H and O–H groups in total. The first kappa shape index (κ1) is 16.3. The number of amides is 1. The topological polar surface area (TPSA) is 55.8 Å². The molecule has 6 heteroatoms. The molecule has 5 nitrogen and oxygen atoms in total. The molecule has 1 atom stereocenters. The zero-order valence-corrected chi connectivity index (χ0v) is 13.1. The summed E-state index contributed by atoms with van der Waals surface area (Å²) in [5.74, 6) is 0.651. The van der Waals surface area contributed by atoms with Gasteiger partial charge in [-0.25, -0.2) is 14.8 Å². The van der Waals surface area contributed by atoms with E-state index in [2.05, 4.69) is 18.8 Å². The predicted molar refractivity (Wildman–Crippen MR) is 77.6 cm³/mol. The van der Waals surface area contributed by atoms with Crippen LogP contribution in [0.25, 0.3) is 0 Å². The van der Waals surface area contributed by atoms with E-state index in [1.807, 2.05) is 0 Å². The number of carbonyl (C=O) groups excluding carboxylic acids is 2. The molecule has 0 spiro atoms. The first-order valence-electron chi connectivity index (χ1n) is 6.55. The van der Waals surface area contributed by atoms with Gasteiger partial charge in [0.15, 0.2) is 0 Å². The van der Waals surface area contributed by atoms with E-state index in [1.54, 1.807) is 6.92 Å². The minimum absolute atomic E-state index is 0.0267. The average Bonchev–Trinajstić information content (AvgIpc) is 2.65. The van der Waals surface area contributed by atoms with E-state index in [4.69, 9.17) is 9.47 Å². The summed E-state index contributed by atoms with van der Waals surface area (Å²) >= 11 is 0. The van der Waals surface area contributed by atoms with Gasteiger partial charge in [-0.05, 0) is 32.1 Å². The van der Waals surface area contributed by atoms with E-state index in [0.717, 1.165) is 5.75 Å². The number of esters is 1. The van der Waals surface area contributed by atoms with Crippen LogP contribution in [0.1, 0.15) is 19.8 Å². The summed E-state index contributed by atoms with van der Waals surface area (Å²) in [6.45, 7) is 2.92. The monoisotopic (exact) mass is 291 g/mol. The summed E-state index contributed by atoms with van der Waals surface area (Å²) in [5, 5.41) is 0. The second-order valence-electron chi connectivity index (χ2n) is 5.50. The lowest BCUT2D eigenvalue weighted by Crippen LogP contribution is -2.41. The molecular formula is C13H25NO4S. The van der Waals surface area contributed by atoms with Crippen LogP contribution in [0.15, 0.2) is 0 Å². The molecule has 1 aliphatic heterocycles. The van der Waals surface area contributed by atoms with E-state index in [1.165, 1.54) is 4.90 Å². The molecule has 112 valence electrons. The SMILES string of the molecule is CCOC(=O)C1CCC(=O)N1COCCS(C)(C)C. The highest BCUT2D eigenvalue weighted by molar-refractivity contribution is 8.32. The first-order chi connectivity index (χ1) is 8.85. The maximum Gasteiger partial charge on any atom is 0.328 e. The molecule has 19 heavy (non-hydrogen) atoms. The number of hydrogen-bond donors (Lipinski definition) is 0. The van der Waals surface area contributed by atoms with E-state index < -0.39 is 16.1 Å². The summed E-state index contributed by atoms with van der Waals surface area (Å²) in [6.07, 6.45) is 7.60. The Morgan fingerprint density at radius 3 is 2.68 bits per heavy atom. The van der Waals surface area contributed by atoms with Crippen molar-refractivity contribution in [3.63, 3.8) is 0 Å². The summed E-state index contributed by atoms with van der Waals surface area (Å²) < 4.78 is 10.5. The van der Waals surface area contributed by atoms with Gasteiger partial charge in [-0.3, -0.25) is 4.79 Å². The van der Waals surface area contributed by atoms with E-state index in [9.17, 15) is 9.59 Å². The summed E-state index contributed by atoms with van der Waals surface area (Å²) in [6, 6.07) is -0.463. The number of rotatable bonds is 7. The van der Waals surface area contributed by atoms with E-state index in [0.29, 0.717) is 26.1 Å². The van der Waals surface area contributed by atoms with Crippen molar-refractivity contribution < 1.29 is 19.1 Å². The Bertz CT molecular complexity index is 327. The van der Waals surface area contributed by atoms with Crippen molar-refractivity contribution in [1.29, 1.82) is 0 Å². The van der Waals surface area contributed by atoms with Gasteiger partial charge in [-0.1, -0.05) is 0 Å². The fourth-order valence-electron chi connectivity index (χ4n) is 1.85. The van der Waals surface area contributed by atoms with Gasteiger partial charge >= 0.3 is 5.97 Å². The second kappa shape index (κ2) is 7.14. The largest absolute Gasteiger partial charge is 0.464 e. The number of ether oxygens (including phenoxy) is 2. The van der Waals surface area contributed by atoms with Gasteiger partial charge in [0, 0.05) is 12.2 Å². The number of carbonyl (C=O) groups is 2. The van der Waals surface area contributed by atoms with Gasteiger partial charge in [0.2, 0.25) is 5.91 Å². The Labute approximate surface area is 116 Å². The molecule has 0 aromatic heterocycles. The highest BCUT2D eigenvalue weighted by atomic mass is 32.3. The molecule has 1 heterocycles. The third kappa shape index (κ3) is 5.40. The maximum atomic E-state index is 11.7. The first-order valence-corrected chi connectivity index (χ1v) is 9.57. The third-order valence-electron chi connectivity index (χ3n) is 2.96. The van der Waals surface area contributed by atoms with Crippen LogP contribution in [0.3, 0.4) is 0 Å². The molecule has 1 fully saturated rings. The summed E-state index contributed by atoms with van der Waals surface area (Å²) in [5.41, 5.74) is 0. The number of hydrogen-bond acceptors (Lipinski definition) is 4. The lowest BCUT2D eigenvalue weighted by molar-refractivity contribution is -0.154. The lowest BCUT2D eigenvalue weighted by atomic mass is 10.2. The van der Waals surface area contributed by atoms with Crippen molar-refractivity contribution in [2.45, 2.75) is 25.8 Å². The smallest absolute Gasteiger partial charge is 0.328 e. The van der Waals surface area contributed by atoms with Crippen molar-refractivity contribution in [3.05, 3.63) is 0 Å². The number of likely N-dealkylation sites (tertiary alicyclic amines) is 1. The fraction of sp³-hybridized carbons (Fsp3) is 0.846. The van der Waals surface area contributed by atoms with Crippen molar-refractivity contribution in [1.82, 2.24) is 4.90 Å². The van der Waals surface area contributed by atoms with Gasteiger partial charge in [0.25, 0.3) is 0 Å². The average molecular weight is 291 g/mol. The lowest BCUT2D eigenvalue weighted by Gasteiger charge is -2.27. The van der Waals surface area contributed by atoms with E-state index in [-0.39, 0.29) is 18.6 Å². The molecule has 0 bridgehead atoms. The van der Waals surface area contributed by atoms with Crippen LogP contribution < -0.4 is 0 Å². The highest BCUT2D eigenvalue weighted by Crippen LogP contribution is 2.33. The van der Waals surface area contributed by atoms with Gasteiger partial charge in [0.1, 0.15) is 12.8 Å². The molecule has 0 aromatic carbocycles. The minimum atomic E-state index is -0.592. The fourth-order valence-corrected chi connectivity index (χ4v) is 2.47. The zero-order chi connectivity index (χ0) is 14.5. The van der Waals surface area contributed by atoms with Crippen LogP contribution in [-0.4, -0.2) is 67.3 Å². The van der Waals surface area contributed by atoms with Gasteiger partial charge in [0.05, 0.1) is 13.2 Å². The molecule has 1 saturated heterocycles. The van der Waals surface area contributed by atoms with E-state index >= 15 is 0 Å². The Morgan fingerprint density at radius 2 is 2.11 bits per heavy atom. The van der Waals surface area contributed by atoms with Crippen molar-refractivity contribution >= 4 is 21.9 Å². The van der Waals surface area contributed by atoms with Crippen molar-refractivity contribution in [2.75, 3.05) is 44.5 Å². The molecule has 1 rings (SSSR count). The molecular weight excluding hydrogens is 266 g/mol. The second-order valence-corrected chi connectivity index (χ2v) is 10.1. The maximum absolute atomic E-state index is 11.7. The minimum Gasteiger partial charge on any atom is -0.464 e. The molecule has 0 radical (unpaired) electrons. The Morgan fingerprint density at radius 1 is 1.42 bits per heavy atom. The molecule has 1 unspecified atom stereocenters. The highest BCUT2D eigenvalue weighted by Gasteiger charge is 2.36. The number of nitrogens with zero attached hydrogens (tertiary/aromatic N) is 1. The van der Waals surface area contributed by atoms with Crippen LogP contribution in [0.4, 0.5) is 0 Å². The third-order valence-corrected chi connectivity index (χ3v) is 4.35. The van der Waals surface area contributed by atoms with Crippen LogP contribution in [-0.2, 0) is 19.1 Å². The van der Waals surface area contributed by atoms with Gasteiger partial charge in [-0.2, -0.15) is 0 Å². The molecule has 0 aliphatic carbocycles. The van der Waals surface area contributed by atoms with Gasteiger partial charge in [-0.15, -0.1) is 0 Å². The molecule has 0 saturated carbocycles. The quantitative estimate of drug-likeness (QED) is 0.522.